The van der Waals surface area contributed by atoms with Crippen molar-refractivity contribution in [3.8, 4) is 0 Å². The molecule has 1 rings (SSSR count). The molecule has 0 aliphatic heterocycles. The van der Waals surface area contributed by atoms with Gasteiger partial charge in [0.25, 0.3) is 0 Å². The minimum absolute atomic E-state index is 0.339. The molecule has 0 bridgehead atoms. The van der Waals surface area contributed by atoms with E-state index in [4.69, 9.17) is 4.74 Å². The van der Waals surface area contributed by atoms with Crippen molar-refractivity contribution >= 4 is 19.4 Å². The number of benzene rings is 1. The van der Waals surface area contributed by atoms with Crippen molar-refractivity contribution in [2.45, 2.75) is 24.3 Å². The Morgan fingerprint density at radius 2 is 1.94 bits per heavy atom. The monoisotopic (exact) mass is 296 g/mol. The first-order valence-corrected chi connectivity index (χ1v) is 7.95. The molecule has 0 amide bonds. The molecule has 1 unspecified atom stereocenters. The average molecular weight is 295 g/mol. The predicted octanol–water partition coefficient (Wildman–Crippen LogP) is 2.97. The maximum absolute atomic E-state index is 5.76. The Labute approximate surface area is 111 Å². The summed E-state index contributed by atoms with van der Waals surface area (Å²) in [6.45, 7) is 8.10. The van der Waals surface area contributed by atoms with Crippen molar-refractivity contribution in [3.63, 3.8) is 0 Å². The van der Waals surface area contributed by atoms with Crippen LogP contribution in [0.3, 0.4) is 0 Å². The Morgan fingerprint density at radius 1 is 1.18 bits per heavy atom. The molecular formula is C15H20OSe. The topological polar surface area (TPSA) is 9.23 Å². The van der Waals surface area contributed by atoms with Crippen LogP contribution in [0.15, 0.2) is 55.6 Å². The zero-order valence-electron chi connectivity index (χ0n) is 10.2. The van der Waals surface area contributed by atoms with Gasteiger partial charge in [0.05, 0.1) is 0 Å². The van der Waals surface area contributed by atoms with E-state index in [2.05, 4.69) is 43.5 Å². The third kappa shape index (κ3) is 6.47. The Morgan fingerprint density at radius 3 is 2.59 bits per heavy atom. The molecule has 0 saturated heterocycles. The molecule has 1 nitrogen and oxygen atoms in total. The summed E-state index contributed by atoms with van der Waals surface area (Å²) in [5.74, 6) is 0. The Kier molecular flexibility index (Phi) is 7.74. The van der Waals surface area contributed by atoms with Crippen LogP contribution >= 0.6 is 0 Å². The molecule has 0 aliphatic rings. The first-order valence-electron chi connectivity index (χ1n) is 5.88. The van der Waals surface area contributed by atoms with Gasteiger partial charge in [-0.25, -0.2) is 0 Å². The van der Waals surface area contributed by atoms with Crippen molar-refractivity contribution in [1.82, 2.24) is 0 Å². The molecule has 0 aliphatic carbocycles. The zero-order valence-corrected chi connectivity index (χ0v) is 11.9. The number of hydrogen-bond donors (Lipinski definition) is 0. The van der Waals surface area contributed by atoms with Gasteiger partial charge in [0.15, 0.2) is 0 Å². The molecule has 0 heterocycles. The van der Waals surface area contributed by atoms with E-state index in [1.807, 2.05) is 12.2 Å². The van der Waals surface area contributed by atoms with E-state index in [9.17, 15) is 0 Å². The molecule has 17 heavy (non-hydrogen) atoms. The summed E-state index contributed by atoms with van der Waals surface area (Å²) in [5, 5.41) is 1.12. The second kappa shape index (κ2) is 9.23. The van der Waals surface area contributed by atoms with E-state index < -0.39 is 0 Å². The van der Waals surface area contributed by atoms with E-state index in [0.29, 0.717) is 27.7 Å². The maximum atomic E-state index is 5.76. The van der Waals surface area contributed by atoms with Gasteiger partial charge in [-0.05, 0) is 0 Å². The molecule has 1 atom stereocenters. The molecule has 0 aromatic heterocycles. The van der Waals surface area contributed by atoms with Gasteiger partial charge < -0.3 is 0 Å². The summed E-state index contributed by atoms with van der Waals surface area (Å²) < 4.78 is 7.20. The van der Waals surface area contributed by atoms with Crippen LogP contribution in [0, 0.1) is 0 Å². The van der Waals surface area contributed by atoms with Crippen molar-refractivity contribution < 1.29 is 4.74 Å². The van der Waals surface area contributed by atoms with E-state index in [-0.39, 0.29) is 0 Å². The number of allylic oxidation sites excluding steroid dienone is 1. The average Bonchev–Trinajstić information content (AvgIpc) is 2.39. The van der Waals surface area contributed by atoms with Crippen molar-refractivity contribution in [2.24, 2.45) is 0 Å². The molecular weight excluding hydrogens is 275 g/mol. The second-order valence-corrected chi connectivity index (χ2v) is 6.03. The summed E-state index contributed by atoms with van der Waals surface area (Å²) >= 11 is 0.494. The van der Waals surface area contributed by atoms with E-state index in [1.54, 1.807) is 0 Å². The van der Waals surface area contributed by atoms with Crippen LogP contribution in [-0.2, 0) is 4.74 Å². The van der Waals surface area contributed by atoms with Gasteiger partial charge in [0.1, 0.15) is 0 Å². The van der Waals surface area contributed by atoms with Gasteiger partial charge >= 0.3 is 111 Å². The fourth-order valence-electron chi connectivity index (χ4n) is 1.43. The molecule has 0 radical (unpaired) electrons. The summed E-state index contributed by atoms with van der Waals surface area (Å²) in [4.78, 5) is 0. The van der Waals surface area contributed by atoms with Crippen LogP contribution in [-0.4, -0.2) is 27.7 Å². The zero-order chi connectivity index (χ0) is 12.3. The summed E-state index contributed by atoms with van der Waals surface area (Å²) in [6, 6.07) is 10.6. The molecule has 0 fully saturated rings. The molecule has 0 spiro atoms. The van der Waals surface area contributed by atoms with Gasteiger partial charge in [-0.15, -0.1) is 0 Å². The fourth-order valence-corrected chi connectivity index (χ4v) is 3.51. The van der Waals surface area contributed by atoms with Crippen LogP contribution in [0.5, 0.6) is 0 Å². The number of rotatable bonds is 9. The van der Waals surface area contributed by atoms with Crippen LogP contribution in [0.2, 0.25) is 5.32 Å². The normalized spacial score (nSPS) is 12.0. The predicted molar refractivity (Wildman–Crippen MR) is 76.0 cm³/mol. The molecule has 1 aromatic carbocycles. The summed E-state index contributed by atoms with van der Waals surface area (Å²) in [5.41, 5.74) is 0. The summed E-state index contributed by atoms with van der Waals surface area (Å²) in [7, 11) is 0. The van der Waals surface area contributed by atoms with E-state index in [0.717, 1.165) is 18.2 Å². The fraction of sp³-hybridized carbons (Fsp3) is 0.333. The van der Waals surface area contributed by atoms with Crippen LogP contribution < -0.4 is 4.46 Å². The first kappa shape index (κ1) is 14.2. The Bertz CT molecular complexity index is 309. The van der Waals surface area contributed by atoms with Crippen molar-refractivity contribution in [1.29, 1.82) is 0 Å². The summed E-state index contributed by atoms with van der Waals surface area (Å²) in [6.07, 6.45) is 6.20. The van der Waals surface area contributed by atoms with Crippen LogP contribution in [0.4, 0.5) is 0 Å². The quantitative estimate of drug-likeness (QED) is 0.503. The first-order chi connectivity index (χ1) is 8.36. The van der Waals surface area contributed by atoms with Gasteiger partial charge in [0, 0.05) is 0 Å². The van der Waals surface area contributed by atoms with Crippen LogP contribution in [0.25, 0.3) is 0 Å². The number of hydrogen-bond acceptors (Lipinski definition) is 1. The molecule has 92 valence electrons. The Hall–Kier alpha value is -0.821. The minimum atomic E-state index is 0.339. The molecule has 1 aromatic rings. The Balaban J connectivity index is 2.36. The van der Waals surface area contributed by atoms with E-state index >= 15 is 0 Å². The van der Waals surface area contributed by atoms with Gasteiger partial charge in [0.2, 0.25) is 0 Å². The molecule has 0 N–H and O–H groups in total. The van der Waals surface area contributed by atoms with Gasteiger partial charge in [-0.1, -0.05) is 0 Å². The third-order valence-corrected chi connectivity index (χ3v) is 4.72. The van der Waals surface area contributed by atoms with E-state index in [1.165, 1.54) is 4.46 Å². The standard InChI is InChI=1S/C15H20OSe/c1-3-5-9-14(16-12-4-2)13-17-15-10-7-6-8-11-15/h3-4,6-8,10-11,14H,1-2,5,9,12-13H2. The molecule has 0 saturated carbocycles. The number of ether oxygens (including phenoxy) is 1. The van der Waals surface area contributed by atoms with Crippen molar-refractivity contribution in [2.75, 3.05) is 6.61 Å². The van der Waals surface area contributed by atoms with Gasteiger partial charge in [-0.3, -0.25) is 0 Å². The SMILES string of the molecule is C=CCCC(C[Se]c1ccccc1)OCC=C. The van der Waals surface area contributed by atoms with Crippen LogP contribution in [0.1, 0.15) is 12.8 Å². The third-order valence-electron chi connectivity index (χ3n) is 2.32. The molecule has 2 heteroatoms. The van der Waals surface area contributed by atoms with Crippen molar-refractivity contribution in [3.05, 3.63) is 55.6 Å². The second-order valence-electron chi connectivity index (χ2n) is 3.73. The van der Waals surface area contributed by atoms with Gasteiger partial charge in [-0.2, -0.15) is 0 Å².